The molecule has 0 aliphatic carbocycles. The first-order chi connectivity index (χ1) is 7.22. The minimum atomic E-state index is -0.547. The molecular weight excluding hydrogens is 208 g/mol. The maximum Gasteiger partial charge on any atom is 0.117 e. The summed E-state index contributed by atoms with van der Waals surface area (Å²) in [5, 5.41) is 10.1. The maximum atomic E-state index is 10.1. The average molecular weight is 222 g/mol. The Kier molecular flexibility index (Phi) is 2.93. The quantitative estimate of drug-likeness (QED) is 0.864. The fraction of sp³-hybridized carbons (Fsp3) is 0.333. The van der Waals surface area contributed by atoms with E-state index < -0.39 is 6.10 Å². The van der Waals surface area contributed by atoms with Gasteiger partial charge in [-0.3, -0.25) is 0 Å². The van der Waals surface area contributed by atoms with Gasteiger partial charge >= 0.3 is 0 Å². The van der Waals surface area contributed by atoms with E-state index in [4.69, 9.17) is 4.42 Å². The second-order valence-corrected chi connectivity index (χ2v) is 4.69. The zero-order chi connectivity index (χ0) is 10.8. The molecule has 0 radical (unpaired) electrons. The fourth-order valence-corrected chi connectivity index (χ4v) is 2.52. The molecule has 15 heavy (non-hydrogen) atoms. The summed E-state index contributed by atoms with van der Waals surface area (Å²) >= 11 is 1.66. The highest BCUT2D eigenvalue weighted by atomic mass is 32.1. The number of aryl methyl sites for hydroxylation is 2. The predicted molar refractivity (Wildman–Crippen MR) is 61.2 cm³/mol. The minimum Gasteiger partial charge on any atom is -0.469 e. The second kappa shape index (κ2) is 4.21. The third-order valence-electron chi connectivity index (χ3n) is 2.49. The molecule has 3 heteroatoms. The first kappa shape index (κ1) is 10.5. The van der Waals surface area contributed by atoms with Crippen LogP contribution < -0.4 is 0 Å². The van der Waals surface area contributed by atoms with Crippen LogP contribution in [0, 0.1) is 6.92 Å². The van der Waals surface area contributed by atoms with E-state index in [0.29, 0.717) is 0 Å². The Hall–Kier alpha value is -1.06. The summed E-state index contributed by atoms with van der Waals surface area (Å²) in [7, 11) is 0. The van der Waals surface area contributed by atoms with Gasteiger partial charge in [-0.1, -0.05) is 6.92 Å². The van der Waals surface area contributed by atoms with Crippen LogP contribution in [0.3, 0.4) is 0 Å². The molecule has 0 bridgehead atoms. The number of hydrogen-bond acceptors (Lipinski definition) is 3. The Morgan fingerprint density at radius 1 is 1.40 bits per heavy atom. The van der Waals surface area contributed by atoms with Gasteiger partial charge in [-0.05, 0) is 31.5 Å². The summed E-state index contributed by atoms with van der Waals surface area (Å²) < 4.78 is 5.18. The van der Waals surface area contributed by atoms with Crippen molar-refractivity contribution in [2.75, 3.05) is 0 Å². The highest BCUT2D eigenvalue weighted by Crippen LogP contribution is 2.30. The third-order valence-corrected chi connectivity index (χ3v) is 3.78. The molecule has 1 N–H and O–H groups in total. The van der Waals surface area contributed by atoms with E-state index in [9.17, 15) is 5.11 Å². The van der Waals surface area contributed by atoms with Crippen molar-refractivity contribution < 1.29 is 9.52 Å². The predicted octanol–water partition coefficient (Wildman–Crippen LogP) is 3.29. The van der Waals surface area contributed by atoms with Crippen molar-refractivity contribution in [2.45, 2.75) is 26.4 Å². The standard InChI is InChI=1S/C12H14O2S/c1-3-9-4-5-11(15-9)12(13)10-6-7-14-8(10)2/h4-7,12-13H,3H2,1-2H3. The zero-order valence-electron chi connectivity index (χ0n) is 8.86. The highest BCUT2D eigenvalue weighted by molar-refractivity contribution is 7.12. The van der Waals surface area contributed by atoms with Crippen molar-refractivity contribution >= 4 is 11.3 Å². The van der Waals surface area contributed by atoms with Crippen LogP contribution in [0.1, 0.15) is 34.1 Å². The highest BCUT2D eigenvalue weighted by Gasteiger charge is 2.16. The number of rotatable bonds is 3. The monoisotopic (exact) mass is 222 g/mol. The summed E-state index contributed by atoms with van der Waals surface area (Å²) in [4.78, 5) is 2.28. The molecule has 0 saturated carbocycles. The van der Waals surface area contributed by atoms with E-state index in [-0.39, 0.29) is 0 Å². The van der Waals surface area contributed by atoms with Crippen molar-refractivity contribution in [3.8, 4) is 0 Å². The molecule has 1 unspecified atom stereocenters. The van der Waals surface area contributed by atoms with Crippen molar-refractivity contribution in [1.29, 1.82) is 0 Å². The van der Waals surface area contributed by atoms with E-state index in [1.54, 1.807) is 17.6 Å². The Labute approximate surface area is 93.2 Å². The number of thiophene rings is 1. The van der Waals surface area contributed by atoms with Gasteiger partial charge in [0.25, 0.3) is 0 Å². The molecule has 0 fully saturated rings. The molecule has 2 aromatic heterocycles. The molecule has 0 saturated heterocycles. The average Bonchev–Trinajstić information content (AvgIpc) is 2.84. The molecule has 1 atom stereocenters. The lowest BCUT2D eigenvalue weighted by molar-refractivity contribution is 0.222. The molecule has 2 heterocycles. The molecule has 80 valence electrons. The van der Waals surface area contributed by atoms with Crippen LogP contribution in [-0.2, 0) is 6.42 Å². The first-order valence-corrected chi connectivity index (χ1v) is 5.84. The second-order valence-electron chi connectivity index (χ2n) is 3.49. The lowest BCUT2D eigenvalue weighted by Crippen LogP contribution is -1.96. The third kappa shape index (κ3) is 1.98. The van der Waals surface area contributed by atoms with Gasteiger partial charge in [0.05, 0.1) is 6.26 Å². The fourth-order valence-electron chi connectivity index (χ4n) is 1.56. The van der Waals surface area contributed by atoms with Gasteiger partial charge in [0.15, 0.2) is 0 Å². The van der Waals surface area contributed by atoms with Crippen LogP contribution in [0.5, 0.6) is 0 Å². The first-order valence-electron chi connectivity index (χ1n) is 5.03. The van der Waals surface area contributed by atoms with Crippen LogP contribution in [0.4, 0.5) is 0 Å². The van der Waals surface area contributed by atoms with Crippen molar-refractivity contribution in [3.05, 3.63) is 45.5 Å². The van der Waals surface area contributed by atoms with E-state index in [1.165, 1.54) is 4.88 Å². The number of aliphatic hydroxyl groups is 1. The topological polar surface area (TPSA) is 33.4 Å². The van der Waals surface area contributed by atoms with Gasteiger partial charge in [0.1, 0.15) is 11.9 Å². The summed E-state index contributed by atoms with van der Waals surface area (Å²) in [5.41, 5.74) is 0.861. The number of furan rings is 1. The molecule has 2 nitrogen and oxygen atoms in total. The largest absolute Gasteiger partial charge is 0.469 e. The van der Waals surface area contributed by atoms with Crippen molar-refractivity contribution in [3.63, 3.8) is 0 Å². The van der Waals surface area contributed by atoms with Crippen molar-refractivity contribution in [1.82, 2.24) is 0 Å². The maximum absolute atomic E-state index is 10.1. The molecule has 0 amide bonds. The van der Waals surface area contributed by atoms with Crippen LogP contribution in [0.25, 0.3) is 0 Å². The van der Waals surface area contributed by atoms with Gasteiger partial charge in [0, 0.05) is 15.3 Å². The molecule has 2 aromatic rings. The van der Waals surface area contributed by atoms with E-state index in [2.05, 4.69) is 13.0 Å². The van der Waals surface area contributed by atoms with E-state index in [0.717, 1.165) is 22.6 Å². The van der Waals surface area contributed by atoms with Gasteiger partial charge in [0.2, 0.25) is 0 Å². The molecule has 0 spiro atoms. The summed E-state index contributed by atoms with van der Waals surface area (Å²) in [6.45, 7) is 3.98. The zero-order valence-corrected chi connectivity index (χ0v) is 9.67. The summed E-state index contributed by atoms with van der Waals surface area (Å²) in [6, 6.07) is 5.88. The number of aliphatic hydroxyl groups excluding tert-OH is 1. The van der Waals surface area contributed by atoms with Gasteiger partial charge in [-0.25, -0.2) is 0 Å². The normalized spacial score (nSPS) is 13.0. The minimum absolute atomic E-state index is 0.547. The van der Waals surface area contributed by atoms with Crippen molar-refractivity contribution in [2.24, 2.45) is 0 Å². The van der Waals surface area contributed by atoms with Gasteiger partial charge in [-0.15, -0.1) is 11.3 Å². The Bertz CT molecular complexity index is 442. The van der Waals surface area contributed by atoms with Crippen LogP contribution in [-0.4, -0.2) is 5.11 Å². The molecule has 0 aromatic carbocycles. The Morgan fingerprint density at radius 3 is 2.73 bits per heavy atom. The molecular formula is C12H14O2S. The summed E-state index contributed by atoms with van der Waals surface area (Å²) in [5.74, 6) is 0.786. The lowest BCUT2D eigenvalue weighted by atomic mass is 10.1. The Morgan fingerprint density at radius 2 is 2.20 bits per heavy atom. The van der Waals surface area contributed by atoms with E-state index in [1.807, 2.05) is 19.1 Å². The number of hydrogen-bond donors (Lipinski definition) is 1. The lowest BCUT2D eigenvalue weighted by Gasteiger charge is -2.06. The van der Waals surface area contributed by atoms with Crippen LogP contribution in [0.2, 0.25) is 0 Å². The Balaban J connectivity index is 2.28. The van der Waals surface area contributed by atoms with Crippen LogP contribution in [0.15, 0.2) is 28.9 Å². The SMILES string of the molecule is CCc1ccc(C(O)c2ccoc2C)s1. The molecule has 0 aliphatic heterocycles. The van der Waals surface area contributed by atoms with Crippen LogP contribution >= 0.6 is 11.3 Å². The summed E-state index contributed by atoms with van der Waals surface area (Å²) in [6.07, 6.45) is 2.08. The molecule has 2 rings (SSSR count). The van der Waals surface area contributed by atoms with Gasteiger partial charge < -0.3 is 9.52 Å². The van der Waals surface area contributed by atoms with E-state index >= 15 is 0 Å². The van der Waals surface area contributed by atoms with Gasteiger partial charge in [-0.2, -0.15) is 0 Å². The molecule has 0 aliphatic rings. The smallest absolute Gasteiger partial charge is 0.117 e.